The number of ketones is 2. The summed E-state index contributed by atoms with van der Waals surface area (Å²) in [5.74, 6) is 0.0730. The minimum Gasteiger partial charge on any atom is -0.436 e. The molecule has 5 nitrogen and oxygen atoms in total. The molecule has 0 bridgehead atoms. The number of nitrogens with zero attached hydrogens (tertiary/aromatic N) is 1. The van der Waals surface area contributed by atoms with Gasteiger partial charge in [-0.1, -0.05) is 30.7 Å². The van der Waals surface area contributed by atoms with Crippen LogP contribution in [-0.4, -0.2) is 16.6 Å². The molecular formula is C23H15ClNO4P. The Labute approximate surface area is 178 Å². The number of rotatable bonds is 3. The Hall–Kier alpha value is -3.01. The first kappa shape index (κ1) is 19.0. The zero-order valence-corrected chi connectivity index (χ0v) is 17.8. The zero-order chi connectivity index (χ0) is 21.0. The summed E-state index contributed by atoms with van der Waals surface area (Å²) in [6.07, 6.45) is 2.11. The predicted molar refractivity (Wildman–Crippen MR) is 119 cm³/mol. The Morgan fingerprint density at radius 2 is 1.73 bits per heavy atom. The highest BCUT2D eigenvalue weighted by molar-refractivity contribution is 7.27. The van der Waals surface area contributed by atoms with Crippen LogP contribution in [0.3, 0.4) is 0 Å². The van der Waals surface area contributed by atoms with E-state index in [9.17, 15) is 9.59 Å². The Balaban J connectivity index is 1.50. The van der Waals surface area contributed by atoms with Crippen molar-refractivity contribution in [1.82, 2.24) is 4.98 Å². The maximum absolute atomic E-state index is 12.8. The van der Waals surface area contributed by atoms with Crippen molar-refractivity contribution in [2.75, 3.05) is 0 Å². The number of furan rings is 1. The molecule has 0 N–H and O–H groups in total. The topological polar surface area (TPSA) is 73.3 Å². The molecule has 0 fully saturated rings. The molecule has 0 saturated carbocycles. The van der Waals surface area contributed by atoms with E-state index in [1.807, 2.05) is 31.2 Å². The molecule has 2 heterocycles. The van der Waals surface area contributed by atoms with Crippen LogP contribution in [0.1, 0.15) is 39.0 Å². The molecule has 1 aliphatic carbocycles. The number of oxazole rings is 1. The summed E-state index contributed by atoms with van der Waals surface area (Å²) in [5.41, 5.74) is 3.15. The van der Waals surface area contributed by atoms with Crippen LogP contribution in [0.15, 0.2) is 56.9 Å². The van der Waals surface area contributed by atoms with Crippen molar-refractivity contribution < 1.29 is 18.4 Å². The van der Waals surface area contributed by atoms with Crippen molar-refractivity contribution in [3.05, 3.63) is 75.5 Å². The Bertz CT molecular complexity index is 1350. The molecule has 0 radical (unpaired) electrons. The van der Waals surface area contributed by atoms with Gasteiger partial charge >= 0.3 is 0 Å². The van der Waals surface area contributed by atoms with Gasteiger partial charge in [-0.15, -0.1) is 9.24 Å². The number of benzene rings is 2. The van der Waals surface area contributed by atoms with Crippen LogP contribution in [0.5, 0.6) is 0 Å². The molecule has 148 valence electrons. The minimum absolute atomic E-state index is 0.0435. The van der Waals surface area contributed by atoms with Crippen LogP contribution < -0.4 is 5.30 Å². The van der Waals surface area contributed by atoms with E-state index in [1.165, 1.54) is 6.08 Å². The van der Waals surface area contributed by atoms with E-state index < -0.39 is 0 Å². The number of Topliss-reactive ketones (excluding diaryl/α,β-unsaturated/α-hetero) is 2. The van der Waals surface area contributed by atoms with Crippen LogP contribution in [0.25, 0.3) is 28.8 Å². The number of aromatic nitrogens is 1. The second-order valence-corrected chi connectivity index (χ2v) is 8.09. The number of allylic oxidation sites excluding steroid dienone is 1. The highest BCUT2D eigenvalue weighted by atomic mass is 35.5. The van der Waals surface area contributed by atoms with Gasteiger partial charge in [-0.3, -0.25) is 9.59 Å². The quantitative estimate of drug-likeness (QED) is 0.249. The molecule has 1 unspecified atom stereocenters. The highest BCUT2D eigenvalue weighted by Crippen LogP contribution is 2.34. The van der Waals surface area contributed by atoms with Gasteiger partial charge in [0.1, 0.15) is 5.76 Å². The van der Waals surface area contributed by atoms with Crippen molar-refractivity contribution >= 4 is 55.1 Å². The highest BCUT2D eigenvalue weighted by Gasteiger charge is 2.34. The first-order chi connectivity index (χ1) is 14.4. The lowest BCUT2D eigenvalue weighted by Crippen LogP contribution is -1.99. The van der Waals surface area contributed by atoms with Crippen LogP contribution in [0.4, 0.5) is 0 Å². The fourth-order valence-corrected chi connectivity index (χ4v) is 3.99. The van der Waals surface area contributed by atoms with Crippen molar-refractivity contribution in [3.8, 4) is 11.5 Å². The number of halogens is 1. The number of carbonyl (C=O) groups is 2. The average Bonchev–Trinajstić information content (AvgIpc) is 3.35. The van der Waals surface area contributed by atoms with E-state index in [0.717, 1.165) is 16.4 Å². The molecule has 4 aromatic rings. The molecule has 0 aliphatic heterocycles. The fourth-order valence-electron chi connectivity index (χ4n) is 3.50. The van der Waals surface area contributed by atoms with Crippen molar-refractivity contribution in [1.29, 1.82) is 0 Å². The van der Waals surface area contributed by atoms with E-state index in [0.29, 0.717) is 45.5 Å². The monoisotopic (exact) mass is 435 g/mol. The third kappa shape index (κ3) is 3.02. The molecule has 2 aromatic heterocycles. The molecule has 0 saturated heterocycles. The van der Waals surface area contributed by atoms with E-state index in [2.05, 4.69) is 14.2 Å². The fraction of sp³-hybridized carbons (Fsp3) is 0.0870. The molecule has 7 heteroatoms. The van der Waals surface area contributed by atoms with Crippen LogP contribution in [0.2, 0.25) is 5.02 Å². The molecule has 2 aromatic carbocycles. The lowest BCUT2D eigenvalue weighted by Gasteiger charge is -2.03. The van der Waals surface area contributed by atoms with Crippen molar-refractivity contribution in [2.45, 2.75) is 13.3 Å². The normalized spacial score (nSPS) is 14.8. The number of hydrogen-bond acceptors (Lipinski definition) is 5. The summed E-state index contributed by atoms with van der Waals surface area (Å²) in [6.45, 7) is 1.94. The third-order valence-corrected chi connectivity index (χ3v) is 5.84. The van der Waals surface area contributed by atoms with Gasteiger partial charge in [0, 0.05) is 27.8 Å². The van der Waals surface area contributed by atoms with E-state index in [1.54, 1.807) is 18.2 Å². The van der Waals surface area contributed by atoms with Gasteiger partial charge in [0.25, 0.3) is 5.71 Å². The average molecular weight is 436 g/mol. The second-order valence-electron chi connectivity index (χ2n) is 7.02. The molecule has 30 heavy (non-hydrogen) atoms. The van der Waals surface area contributed by atoms with Gasteiger partial charge in [0.2, 0.25) is 5.89 Å². The smallest absolute Gasteiger partial charge is 0.266 e. The van der Waals surface area contributed by atoms with Gasteiger partial charge in [0.05, 0.1) is 5.57 Å². The van der Waals surface area contributed by atoms with E-state index in [4.69, 9.17) is 20.4 Å². The molecule has 1 aliphatic rings. The summed E-state index contributed by atoms with van der Waals surface area (Å²) in [4.78, 5) is 29.9. The lowest BCUT2D eigenvalue weighted by molar-refractivity contribution is 0.0990. The number of hydrogen-bond donors (Lipinski definition) is 0. The summed E-state index contributed by atoms with van der Waals surface area (Å²) in [6, 6.07) is 12.6. The Morgan fingerprint density at radius 3 is 2.40 bits per heavy atom. The van der Waals surface area contributed by atoms with Crippen molar-refractivity contribution in [2.24, 2.45) is 0 Å². The SMILES string of the molecule is CCc1cc2c(cc1Cl)C(=O)/C(=C/c1cc3oc(-c4ccc(P)cc4)nc3o1)C2=O. The maximum atomic E-state index is 12.8. The summed E-state index contributed by atoms with van der Waals surface area (Å²) in [7, 11) is 2.62. The largest absolute Gasteiger partial charge is 0.436 e. The van der Waals surface area contributed by atoms with Gasteiger partial charge in [-0.25, -0.2) is 0 Å². The summed E-state index contributed by atoms with van der Waals surface area (Å²) >= 11 is 6.22. The Morgan fingerprint density at radius 1 is 1.03 bits per heavy atom. The van der Waals surface area contributed by atoms with Gasteiger partial charge in [-0.05, 0) is 47.6 Å². The minimum atomic E-state index is -0.362. The summed E-state index contributed by atoms with van der Waals surface area (Å²) in [5, 5.41) is 1.54. The van der Waals surface area contributed by atoms with Crippen LogP contribution >= 0.6 is 20.8 Å². The lowest BCUT2D eigenvalue weighted by atomic mass is 10.0. The molecule has 0 spiro atoms. The predicted octanol–water partition coefficient (Wildman–Crippen LogP) is 5.27. The van der Waals surface area contributed by atoms with E-state index in [-0.39, 0.29) is 17.1 Å². The Kier molecular flexibility index (Phi) is 4.46. The number of fused-ring (bicyclic) bond motifs is 2. The molecule has 5 rings (SSSR count). The molecule has 0 amide bonds. The zero-order valence-electron chi connectivity index (χ0n) is 15.9. The first-order valence-electron chi connectivity index (χ1n) is 9.34. The molecule has 1 atom stereocenters. The van der Waals surface area contributed by atoms with Gasteiger partial charge in [0.15, 0.2) is 17.1 Å². The summed E-state index contributed by atoms with van der Waals surface area (Å²) < 4.78 is 11.5. The number of carbonyl (C=O) groups excluding carboxylic acids is 2. The van der Waals surface area contributed by atoms with Crippen LogP contribution in [-0.2, 0) is 6.42 Å². The van der Waals surface area contributed by atoms with Crippen LogP contribution in [0, 0.1) is 0 Å². The third-order valence-electron chi connectivity index (χ3n) is 5.10. The second kappa shape index (κ2) is 7.05. The number of aryl methyl sites for hydroxylation is 1. The maximum Gasteiger partial charge on any atom is 0.266 e. The standard InChI is InChI=1S/C23H15ClNO4P/c1-2-11-7-15-16(10-18(11)24)21(27)17(20(15)26)8-13-9-19-23(28-13)25-22(29-19)12-3-5-14(30)6-4-12/h3-10H,2,30H2,1H3/b17-8+. The first-order valence-corrected chi connectivity index (χ1v) is 10.3. The van der Waals surface area contributed by atoms with E-state index >= 15 is 0 Å². The van der Waals surface area contributed by atoms with Gasteiger partial charge < -0.3 is 8.83 Å². The molecular weight excluding hydrogens is 421 g/mol. The van der Waals surface area contributed by atoms with Gasteiger partial charge in [-0.2, -0.15) is 4.98 Å². The van der Waals surface area contributed by atoms with Crippen molar-refractivity contribution in [3.63, 3.8) is 0 Å².